The molecular formula is C9H19O2P. The normalized spacial score (nSPS) is 13.5. The minimum Gasteiger partial charge on any atom is -0.291 e. The molecule has 0 aromatic heterocycles. The van der Waals surface area contributed by atoms with E-state index in [4.69, 9.17) is 4.52 Å². The Morgan fingerprint density at radius 2 is 1.92 bits per heavy atom. The van der Waals surface area contributed by atoms with Crippen molar-refractivity contribution in [3.8, 4) is 0 Å². The quantitative estimate of drug-likeness (QED) is 0.427. The predicted molar refractivity (Wildman–Crippen MR) is 51.5 cm³/mol. The van der Waals surface area contributed by atoms with Crippen LogP contribution in [0.2, 0.25) is 0 Å². The Balaban J connectivity index is 3.40. The van der Waals surface area contributed by atoms with E-state index in [1.165, 1.54) is 19.3 Å². The van der Waals surface area contributed by atoms with E-state index < -0.39 is 0 Å². The maximum absolute atomic E-state index is 10.2. The highest BCUT2D eigenvalue weighted by Crippen LogP contribution is 2.16. The number of hydrogen-bond donors (Lipinski definition) is 0. The fourth-order valence-corrected chi connectivity index (χ4v) is 1.59. The minimum atomic E-state index is -0.166. The summed E-state index contributed by atoms with van der Waals surface area (Å²) in [5, 5.41) is 0. The predicted octanol–water partition coefficient (Wildman–Crippen LogP) is 3.96. The molecule has 0 rings (SSSR count). The molecule has 0 aliphatic rings. The molecule has 0 N–H and O–H groups in total. The molecule has 3 heteroatoms. The van der Waals surface area contributed by atoms with Gasteiger partial charge in [0.2, 0.25) is 0 Å². The van der Waals surface area contributed by atoms with Gasteiger partial charge in [0.1, 0.15) is 0 Å². The van der Waals surface area contributed by atoms with Gasteiger partial charge in [-0.2, -0.15) is 0 Å². The molecule has 0 bridgehead atoms. The molecule has 72 valence electrons. The van der Waals surface area contributed by atoms with Gasteiger partial charge in [-0.3, -0.25) is 4.52 Å². The summed E-state index contributed by atoms with van der Waals surface area (Å²) in [6, 6.07) is 0. The summed E-state index contributed by atoms with van der Waals surface area (Å²) in [5.74, 6) is 0. The van der Waals surface area contributed by atoms with Gasteiger partial charge in [0.05, 0.1) is 6.10 Å². The maximum atomic E-state index is 10.2. The molecule has 0 saturated heterocycles. The summed E-state index contributed by atoms with van der Waals surface area (Å²) in [6.45, 7) is 4.30. The van der Waals surface area contributed by atoms with E-state index in [0.717, 1.165) is 19.3 Å². The van der Waals surface area contributed by atoms with E-state index in [1.54, 1.807) is 0 Å². The number of rotatable bonds is 8. The first-order valence-electron chi connectivity index (χ1n) is 4.83. The number of unbranched alkanes of at least 4 members (excludes halogenated alkanes) is 2. The van der Waals surface area contributed by atoms with Crippen molar-refractivity contribution in [1.82, 2.24) is 0 Å². The van der Waals surface area contributed by atoms with Crippen molar-refractivity contribution in [2.24, 2.45) is 0 Å². The van der Waals surface area contributed by atoms with Crippen LogP contribution >= 0.6 is 8.69 Å². The molecule has 0 spiro atoms. The van der Waals surface area contributed by atoms with Crippen molar-refractivity contribution in [1.29, 1.82) is 0 Å². The lowest BCUT2D eigenvalue weighted by Crippen LogP contribution is -2.06. The first-order valence-corrected chi connectivity index (χ1v) is 5.56. The molecule has 0 saturated carbocycles. The summed E-state index contributed by atoms with van der Waals surface area (Å²) in [4.78, 5) is 0. The Morgan fingerprint density at radius 3 is 2.42 bits per heavy atom. The first kappa shape index (κ1) is 12.1. The Hall–Kier alpha value is 0.0600. The van der Waals surface area contributed by atoms with Gasteiger partial charge in [-0.05, 0) is 12.8 Å². The van der Waals surface area contributed by atoms with Gasteiger partial charge < -0.3 is 0 Å². The van der Waals surface area contributed by atoms with E-state index in [9.17, 15) is 4.57 Å². The average molecular weight is 190 g/mol. The van der Waals surface area contributed by atoms with Gasteiger partial charge in [0.15, 0.2) is 0 Å². The molecule has 1 unspecified atom stereocenters. The molecule has 0 aliphatic heterocycles. The molecule has 0 amide bonds. The van der Waals surface area contributed by atoms with Crippen molar-refractivity contribution in [2.45, 2.75) is 58.5 Å². The van der Waals surface area contributed by atoms with Gasteiger partial charge in [-0.25, -0.2) is 4.57 Å². The van der Waals surface area contributed by atoms with Crippen LogP contribution in [0.3, 0.4) is 0 Å². The third-order valence-electron chi connectivity index (χ3n) is 1.93. The Bertz CT molecular complexity index is 107. The highest BCUT2D eigenvalue weighted by Gasteiger charge is 2.06. The summed E-state index contributed by atoms with van der Waals surface area (Å²) in [7, 11) is -0.166. The van der Waals surface area contributed by atoms with Crippen LogP contribution in [0.4, 0.5) is 0 Å². The average Bonchev–Trinajstić information content (AvgIpc) is 2.06. The van der Waals surface area contributed by atoms with Crippen LogP contribution in [-0.4, -0.2) is 6.10 Å². The molecule has 12 heavy (non-hydrogen) atoms. The summed E-state index contributed by atoms with van der Waals surface area (Å²) in [5.41, 5.74) is 0. The SMILES string of the molecule is CCCCCC(CCC)OP=O. The Kier molecular flexibility index (Phi) is 9.20. The summed E-state index contributed by atoms with van der Waals surface area (Å²) >= 11 is 0. The molecule has 0 aromatic carbocycles. The van der Waals surface area contributed by atoms with E-state index in [2.05, 4.69) is 13.8 Å². The van der Waals surface area contributed by atoms with Crippen LogP contribution in [0.5, 0.6) is 0 Å². The van der Waals surface area contributed by atoms with Crippen molar-refractivity contribution < 1.29 is 9.09 Å². The molecule has 0 aromatic rings. The largest absolute Gasteiger partial charge is 0.327 e. The second-order valence-electron chi connectivity index (χ2n) is 3.09. The topological polar surface area (TPSA) is 26.3 Å². The van der Waals surface area contributed by atoms with Gasteiger partial charge in [0, 0.05) is 0 Å². The van der Waals surface area contributed by atoms with Gasteiger partial charge in [-0.15, -0.1) is 0 Å². The third kappa shape index (κ3) is 6.75. The standard InChI is InChI=1S/C9H19O2P/c1-3-5-6-8-9(7-4-2)11-12-10/h9H,3-8H2,1-2H3. The molecule has 0 heterocycles. The lowest BCUT2D eigenvalue weighted by molar-refractivity contribution is 0.195. The van der Waals surface area contributed by atoms with Crippen LogP contribution < -0.4 is 0 Å². The third-order valence-corrected chi connectivity index (χ3v) is 2.32. The highest BCUT2D eigenvalue weighted by molar-refractivity contribution is 7.17. The Labute approximate surface area is 77.0 Å². The van der Waals surface area contributed by atoms with E-state index >= 15 is 0 Å². The molecular weight excluding hydrogens is 171 g/mol. The molecule has 2 nitrogen and oxygen atoms in total. The van der Waals surface area contributed by atoms with Gasteiger partial charge >= 0.3 is 8.69 Å². The van der Waals surface area contributed by atoms with E-state index in [-0.39, 0.29) is 14.8 Å². The molecule has 0 aliphatic carbocycles. The zero-order valence-electron chi connectivity index (χ0n) is 8.08. The molecule has 0 radical (unpaired) electrons. The van der Waals surface area contributed by atoms with Crippen molar-refractivity contribution in [3.05, 3.63) is 0 Å². The monoisotopic (exact) mass is 190 g/mol. The van der Waals surface area contributed by atoms with Crippen LogP contribution in [0.1, 0.15) is 52.4 Å². The Morgan fingerprint density at radius 1 is 1.17 bits per heavy atom. The van der Waals surface area contributed by atoms with E-state index in [1.807, 2.05) is 0 Å². The fourth-order valence-electron chi connectivity index (χ4n) is 1.25. The van der Waals surface area contributed by atoms with Crippen molar-refractivity contribution >= 4 is 8.69 Å². The lowest BCUT2D eigenvalue weighted by Gasteiger charge is -2.11. The zero-order valence-corrected chi connectivity index (χ0v) is 8.98. The zero-order chi connectivity index (χ0) is 9.23. The van der Waals surface area contributed by atoms with Crippen LogP contribution in [-0.2, 0) is 9.09 Å². The minimum absolute atomic E-state index is 0.166. The summed E-state index contributed by atoms with van der Waals surface area (Å²) in [6.07, 6.45) is 7.06. The van der Waals surface area contributed by atoms with Gasteiger partial charge in [-0.1, -0.05) is 39.5 Å². The lowest BCUT2D eigenvalue weighted by atomic mass is 10.1. The molecule has 1 atom stereocenters. The number of hydrogen-bond acceptors (Lipinski definition) is 2. The second kappa shape index (κ2) is 9.15. The summed E-state index contributed by atoms with van der Waals surface area (Å²) < 4.78 is 15.2. The maximum Gasteiger partial charge on any atom is 0.327 e. The van der Waals surface area contributed by atoms with Gasteiger partial charge in [0.25, 0.3) is 0 Å². The smallest absolute Gasteiger partial charge is 0.291 e. The second-order valence-corrected chi connectivity index (χ2v) is 3.45. The van der Waals surface area contributed by atoms with Crippen molar-refractivity contribution in [2.75, 3.05) is 0 Å². The van der Waals surface area contributed by atoms with Crippen LogP contribution in [0.25, 0.3) is 0 Å². The first-order chi connectivity index (χ1) is 5.85. The van der Waals surface area contributed by atoms with Crippen molar-refractivity contribution in [3.63, 3.8) is 0 Å². The fraction of sp³-hybridized carbons (Fsp3) is 1.00. The highest BCUT2D eigenvalue weighted by atomic mass is 31.1. The van der Waals surface area contributed by atoms with E-state index in [0.29, 0.717) is 0 Å². The molecule has 0 fully saturated rings. The van der Waals surface area contributed by atoms with Crippen LogP contribution in [0.15, 0.2) is 0 Å². The van der Waals surface area contributed by atoms with Crippen LogP contribution in [0, 0.1) is 0 Å².